The first kappa shape index (κ1) is 27.0. The first-order valence-electron chi connectivity index (χ1n) is 9.30. The predicted octanol–water partition coefficient (Wildman–Crippen LogP) is -3.00. The number of esters is 1. The highest BCUT2D eigenvalue weighted by molar-refractivity contribution is 6.36. The summed E-state index contributed by atoms with van der Waals surface area (Å²) in [7, 11) is 0. The molecule has 0 heterocycles. The number of aliphatic hydroxyl groups excluding tert-OH is 1. The molecule has 0 rings (SSSR count). The third kappa shape index (κ3) is 13.0. The molecule has 0 aromatic rings. The maximum atomic E-state index is 12.1. The van der Waals surface area contributed by atoms with Crippen LogP contribution in [-0.4, -0.2) is 72.2 Å². The second-order valence-corrected chi connectivity index (χ2v) is 7.51. The van der Waals surface area contributed by atoms with Gasteiger partial charge in [0.05, 0.1) is 18.7 Å². The zero-order valence-electron chi connectivity index (χ0n) is 17.4. The summed E-state index contributed by atoms with van der Waals surface area (Å²) in [5, 5.41) is 15.0. The van der Waals surface area contributed by atoms with Crippen LogP contribution in [0.5, 0.6) is 0 Å². The molecule has 0 fully saturated rings. The molecule has 0 aliphatic carbocycles. The molecule has 0 saturated heterocycles. The lowest BCUT2D eigenvalue weighted by Crippen LogP contribution is -2.56. The number of Topliss-reactive ketones (excluding diaryl/α,β-unsaturated/α-hetero) is 1. The average Bonchev–Trinajstić information content (AvgIpc) is 2.58. The predicted molar refractivity (Wildman–Crippen MR) is 105 cm³/mol. The van der Waals surface area contributed by atoms with E-state index in [4.69, 9.17) is 16.2 Å². The number of ether oxygens (including phenoxy) is 1. The molecule has 1 amide bonds. The standard InChI is InChI=1S/C17H34N6O6/c1-10(25)13(14(27)15(28)29-17(2,3)4)23-21-8-12(26)22-11(9-24)6-5-7-20-16(18)19/h9-11,13,16,20-21,23,25H,5-8,18-19H2,1-4H3,(H,22,26)/t10-,11+,13+/m1/s1. The molecule has 0 aromatic heterocycles. The largest absolute Gasteiger partial charge is 0.454 e. The number of nitrogens with two attached hydrogens (primary N) is 2. The molecular weight excluding hydrogens is 384 g/mol. The molecule has 0 spiro atoms. The number of aldehydes is 1. The van der Waals surface area contributed by atoms with E-state index in [-0.39, 0.29) is 6.54 Å². The number of hydrogen-bond acceptors (Lipinski definition) is 11. The molecular formula is C17H34N6O6. The minimum atomic E-state index is -1.31. The highest BCUT2D eigenvalue weighted by atomic mass is 16.6. The quantitative estimate of drug-likeness (QED) is 0.0379. The fraction of sp³-hybridized carbons (Fsp3) is 0.765. The van der Waals surface area contributed by atoms with Crippen LogP contribution < -0.4 is 33.0 Å². The van der Waals surface area contributed by atoms with Gasteiger partial charge in [-0.15, -0.1) is 0 Å². The lowest BCUT2D eigenvalue weighted by atomic mass is 10.1. The second-order valence-electron chi connectivity index (χ2n) is 7.51. The van der Waals surface area contributed by atoms with Crippen molar-refractivity contribution < 1.29 is 29.0 Å². The second kappa shape index (κ2) is 13.3. The van der Waals surface area contributed by atoms with Gasteiger partial charge < -0.3 is 31.4 Å². The highest BCUT2D eigenvalue weighted by Crippen LogP contribution is 2.08. The summed E-state index contributed by atoms with van der Waals surface area (Å²) in [6, 6.07) is -2.01. The van der Waals surface area contributed by atoms with Gasteiger partial charge in [-0.05, 0) is 47.1 Å². The van der Waals surface area contributed by atoms with Crippen molar-refractivity contribution in [2.24, 2.45) is 11.5 Å². The Morgan fingerprint density at radius 3 is 2.31 bits per heavy atom. The van der Waals surface area contributed by atoms with Crippen molar-refractivity contribution in [1.29, 1.82) is 0 Å². The molecule has 9 N–H and O–H groups in total. The normalized spacial score (nSPS) is 14.8. The highest BCUT2D eigenvalue weighted by Gasteiger charge is 2.32. The van der Waals surface area contributed by atoms with Crippen LogP contribution in [0.2, 0.25) is 0 Å². The zero-order valence-corrected chi connectivity index (χ0v) is 17.4. The Balaban J connectivity index is 4.45. The Labute approximate surface area is 170 Å². The van der Waals surface area contributed by atoms with Crippen LogP contribution in [0.3, 0.4) is 0 Å². The average molecular weight is 418 g/mol. The van der Waals surface area contributed by atoms with E-state index in [0.29, 0.717) is 25.7 Å². The Bertz CT molecular complexity index is 549. The van der Waals surface area contributed by atoms with Crippen LogP contribution >= 0.6 is 0 Å². The van der Waals surface area contributed by atoms with Crippen molar-refractivity contribution in [1.82, 2.24) is 21.5 Å². The van der Waals surface area contributed by atoms with Gasteiger partial charge in [0.25, 0.3) is 5.78 Å². The molecule has 168 valence electrons. The maximum absolute atomic E-state index is 12.1. The molecule has 0 bridgehead atoms. The van der Waals surface area contributed by atoms with Gasteiger partial charge in [0.1, 0.15) is 24.2 Å². The number of amides is 1. The van der Waals surface area contributed by atoms with Crippen molar-refractivity contribution in [2.45, 2.75) is 70.6 Å². The van der Waals surface area contributed by atoms with Crippen LogP contribution in [0.4, 0.5) is 0 Å². The van der Waals surface area contributed by atoms with Crippen molar-refractivity contribution in [3.8, 4) is 0 Å². The molecule has 0 saturated carbocycles. The first-order chi connectivity index (χ1) is 13.4. The fourth-order valence-corrected chi connectivity index (χ4v) is 2.12. The van der Waals surface area contributed by atoms with E-state index in [1.165, 1.54) is 6.92 Å². The number of carbonyl (C=O) groups excluding carboxylic acids is 4. The van der Waals surface area contributed by atoms with E-state index < -0.39 is 47.7 Å². The summed E-state index contributed by atoms with van der Waals surface area (Å²) in [6.07, 6.45) is -0.322. The topological polar surface area (TPSA) is 198 Å². The zero-order chi connectivity index (χ0) is 22.6. The Morgan fingerprint density at radius 1 is 1.21 bits per heavy atom. The summed E-state index contributed by atoms with van der Waals surface area (Å²) in [4.78, 5) is 47.0. The van der Waals surface area contributed by atoms with E-state index in [9.17, 15) is 24.3 Å². The summed E-state index contributed by atoms with van der Waals surface area (Å²) < 4.78 is 4.98. The smallest absolute Gasteiger partial charge is 0.376 e. The fourth-order valence-electron chi connectivity index (χ4n) is 2.12. The van der Waals surface area contributed by atoms with E-state index >= 15 is 0 Å². The van der Waals surface area contributed by atoms with Gasteiger partial charge in [-0.1, -0.05) is 0 Å². The van der Waals surface area contributed by atoms with Gasteiger partial charge in [-0.3, -0.25) is 14.9 Å². The Morgan fingerprint density at radius 2 is 1.83 bits per heavy atom. The molecule has 12 nitrogen and oxygen atoms in total. The number of nitrogens with one attached hydrogen (secondary N) is 4. The number of aliphatic hydroxyl groups is 1. The van der Waals surface area contributed by atoms with E-state index in [1.54, 1.807) is 20.8 Å². The minimum Gasteiger partial charge on any atom is -0.454 e. The Hall–Kier alpha value is -1.96. The number of carbonyl (C=O) groups is 4. The number of rotatable bonds is 14. The summed E-state index contributed by atoms with van der Waals surface area (Å²) >= 11 is 0. The summed E-state index contributed by atoms with van der Waals surface area (Å²) in [5.74, 6) is -2.61. The number of ketones is 1. The van der Waals surface area contributed by atoms with Crippen molar-refractivity contribution >= 4 is 23.9 Å². The van der Waals surface area contributed by atoms with Gasteiger partial charge in [0.15, 0.2) is 0 Å². The SMILES string of the molecule is C[C@@H](O)[C@H](NNCC(=O)N[C@H](C=O)CCCNC(N)N)C(=O)C(=O)OC(C)(C)C. The monoisotopic (exact) mass is 418 g/mol. The van der Waals surface area contributed by atoms with Gasteiger partial charge in [-0.25, -0.2) is 15.6 Å². The summed E-state index contributed by atoms with van der Waals surface area (Å²) in [5.41, 5.74) is 14.7. The number of hydrogen-bond donors (Lipinski definition) is 7. The van der Waals surface area contributed by atoms with E-state index in [2.05, 4.69) is 21.5 Å². The third-order valence-corrected chi connectivity index (χ3v) is 3.45. The molecule has 0 aliphatic rings. The van der Waals surface area contributed by atoms with Gasteiger partial charge in [0, 0.05) is 0 Å². The first-order valence-corrected chi connectivity index (χ1v) is 9.30. The Kier molecular flexibility index (Phi) is 12.4. The lowest BCUT2D eigenvalue weighted by Gasteiger charge is -2.23. The van der Waals surface area contributed by atoms with E-state index in [1.807, 2.05) is 0 Å². The third-order valence-electron chi connectivity index (χ3n) is 3.45. The number of hydrazine groups is 1. The lowest BCUT2D eigenvalue weighted by molar-refractivity contribution is -0.164. The van der Waals surface area contributed by atoms with Crippen LogP contribution in [-0.2, 0) is 23.9 Å². The van der Waals surface area contributed by atoms with Gasteiger partial charge in [-0.2, -0.15) is 0 Å². The van der Waals surface area contributed by atoms with Crippen LogP contribution in [0.1, 0.15) is 40.5 Å². The van der Waals surface area contributed by atoms with Gasteiger partial charge in [0.2, 0.25) is 5.91 Å². The molecule has 0 radical (unpaired) electrons. The summed E-state index contributed by atoms with van der Waals surface area (Å²) in [6.45, 7) is 6.31. The van der Waals surface area contributed by atoms with E-state index in [0.717, 1.165) is 0 Å². The molecule has 29 heavy (non-hydrogen) atoms. The van der Waals surface area contributed by atoms with Gasteiger partial charge >= 0.3 is 5.97 Å². The minimum absolute atomic E-state index is 0.304. The molecule has 0 aromatic carbocycles. The maximum Gasteiger partial charge on any atom is 0.376 e. The molecule has 0 unspecified atom stereocenters. The van der Waals surface area contributed by atoms with Crippen LogP contribution in [0.25, 0.3) is 0 Å². The van der Waals surface area contributed by atoms with Crippen molar-refractivity contribution in [3.63, 3.8) is 0 Å². The van der Waals surface area contributed by atoms with Crippen LogP contribution in [0, 0.1) is 0 Å². The van der Waals surface area contributed by atoms with Crippen molar-refractivity contribution in [3.05, 3.63) is 0 Å². The van der Waals surface area contributed by atoms with Crippen molar-refractivity contribution in [2.75, 3.05) is 13.1 Å². The molecule has 0 aliphatic heterocycles. The molecule has 3 atom stereocenters. The van der Waals surface area contributed by atoms with Crippen LogP contribution in [0.15, 0.2) is 0 Å². The molecule has 12 heteroatoms.